The van der Waals surface area contributed by atoms with Crippen LogP contribution in [0, 0.1) is 0 Å². The largest absolute Gasteiger partial charge is 0.331 e. The van der Waals surface area contributed by atoms with Crippen molar-refractivity contribution in [3.8, 4) is 0 Å². The zero-order valence-electron chi connectivity index (χ0n) is 8.50. The Morgan fingerprint density at radius 1 is 1.33 bits per heavy atom. The van der Waals surface area contributed by atoms with Gasteiger partial charge in [-0.05, 0) is 12.1 Å². The molecule has 2 aromatic heterocycles. The molecule has 0 saturated heterocycles. The van der Waals surface area contributed by atoms with E-state index in [1.54, 1.807) is 12.5 Å². The van der Waals surface area contributed by atoms with Crippen LogP contribution in [0.4, 0.5) is 0 Å². The summed E-state index contributed by atoms with van der Waals surface area (Å²) in [6.45, 7) is 4.47. The second-order valence-corrected chi connectivity index (χ2v) is 3.35. The van der Waals surface area contributed by atoms with Gasteiger partial charge >= 0.3 is 0 Å². The van der Waals surface area contributed by atoms with E-state index >= 15 is 0 Å². The molecule has 0 N–H and O–H groups in total. The summed E-state index contributed by atoms with van der Waals surface area (Å²) in [5, 5.41) is 0. The lowest BCUT2D eigenvalue weighted by Gasteiger charge is -2.03. The van der Waals surface area contributed by atoms with Crippen molar-refractivity contribution in [2.24, 2.45) is 0 Å². The minimum absolute atomic E-state index is 0.769. The molecule has 0 aliphatic rings. The van der Waals surface area contributed by atoms with Gasteiger partial charge in [0.1, 0.15) is 0 Å². The Balaban J connectivity index is 2.14. The zero-order valence-corrected chi connectivity index (χ0v) is 8.50. The first-order valence-electron chi connectivity index (χ1n) is 4.90. The van der Waals surface area contributed by atoms with Gasteiger partial charge in [0, 0.05) is 24.5 Å². The van der Waals surface area contributed by atoms with E-state index in [1.165, 1.54) is 0 Å². The average Bonchev–Trinajstić information content (AvgIpc) is 2.71. The van der Waals surface area contributed by atoms with Crippen molar-refractivity contribution in [2.75, 3.05) is 0 Å². The van der Waals surface area contributed by atoms with Crippen molar-refractivity contribution in [3.63, 3.8) is 0 Å². The van der Waals surface area contributed by atoms with Crippen molar-refractivity contribution in [3.05, 3.63) is 61.0 Å². The minimum atomic E-state index is 0.769. The molecule has 76 valence electrons. The number of imidazole rings is 1. The molecule has 2 rings (SSSR count). The highest BCUT2D eigenvalue weighted by Gasteiger charge is 1.97. The van der Waals surface area contributed by atoms with E-state index in [9.17, 15) is 0 Å². The van der Waals surface area contributed by atoms with Crippen LogP contribution in [0.25, 0.3) is 0 Å². The topological polar surface area (TPSA) is 30.7 Å². The van der Waals surface area contributed by atoms with Crippen LogP contribution in [-0.4, -0.2) is 14.5 Å². The molecule has 0 aliphatic carbocycles. The van der Waals surface area contributed by atoms with E-state index in [2.05, 4.69) is 16.5 Å². The Morgan fingerprint density at radius 2 is 2.20 bits per heavy atom. The fraction of sp³-hybridized carbons (Fsp3) is 0.167. The Bertz CT molecular complexity index is 432. The first-order chi connectivity index (χ1) is 7.38. The van der Waals surface area contributed by atoms with Crippen molar-refractivity contribution in [1.82, 2.24) is 14.5 Å². The third-order valence-electron chi connectivity index (χ3n) is 2.12. The molecule has 2 aromatic rings. The normalized spacial score (nSPS) is 10.1. The summed E-state index contributed by atoms with van der Waals surface area (Å²) < 4.78 is 2.00. The molecular formula is C12H13N3. The maximum atomic E-state index is 4.52. The molecule has 0 atom stereocenters. The van der Waals surface area contributed by atoms with E-state index in [-0.39, 0.29) is 0 Å². The van der Waals surface area contributed by atoms with Crippen molar-refractivity contribution in [1.29, 1.82) is 0 Å². The molecular weight excluding hydrogens is 186 g/mol. The molecule has 0 aliphatic heterocycles. The van der Waals surface area contributed by atoms with Gasteiger partial charge in [0.25, 0.3) is 0 Å². The molecule has 0 fully saturated rings. The highest BCUT2D eigenvalue weighted by atomic mass is 15.0. The number of hydrogen-bond donors (Lipinski definition) is 0. The molecule has 15 heavy (non-hydrogen) atoms. The van der Waals surface area contributed by atoms with E-state index < -0.39 is 0 Å². The second-order valence-electron chi connectivity index (χ2n) is 3.35. The number of aromatic nitrogens is 3. The van der Waals surface area contributed by atoms with Gasteiger partial charge in [-0.2, -0.15) is 0 Å². The molecule has 0 aromatic carbocycles. The Kier molecular flexibility index (Phi) is 2.93. The molecule has 2 heterocycles. The highest BCUT2D eigenvalue weighted by Crippen LogP contribution is 2.03. The number of pyridine rings is 1. The van der Waals surface area contributed by atoms with Crippen LogP contribution in [0.15, 0.2) is 49.6 Å². The summed E-state index contributed by atoms with van der Waals surface area (Å²) in [5.41, 5.74) is 2.11. The molecule has 0 bridgehead atoms. The lowest BCUT2D eigenvalue weighted by atomic mass is 10.2. The fourth-order valence-electron chi connectivity index (χ4n) is 1.45. The predicted molar refractivity (Wildman–Crippen MR) is 59.5 cm³/mol. The number of nitrogens with zero attached hydrogens (tertiary/aromatic N) is 3. The molecule has 0 unspecified atom stereocenters. The van der Waals surface area contributed by atoms with Crippen LogP contribution in [0.5, 0.6) is 0 Å². The minimum Gasteiger partial charge on any atom is -0.331 e. The average molecular weight is 199 g/mol. The van der Waals surface area contributed by atoms with E-state index in [1.807, 2.05) is 35.0 Å². The molecule has 0 radical (unpaired) electrons. The Hall–Kier alpha value is -1.90. The molecule has 0 saturated carbocycles. The molecule has 0 amide bonds. The van der Waals surface area contributed by atoms with Crippen LogP contribution >= 0.6 is 0 Å². The lowest BCUT2D eigenvalue weighted by Crippen LogP contribution is -2.00. The number of hydrogen-bond acceptors (Lipinski definition) is 2. The van der Waals surface area contributed by atoms with E-state index in [4.69, 9.17) is 0 Å². The molecule has 3 heteroatoms. The predicted octanol–water partition coefficient (Wildman–Crippen LogP) is 2.05. The lowest BCUT2D eigenvalue weighted by molar-refractivity contribution is 0.767. The van der Waals surface area contributed by atoms with Gasteiger partial charge in [0.15, 0.2) is 0 Å². The van der Waals surface area contributed by atoms with Gasteiger partial charge in [0.05, 0.1) is 18.6 Å². The summed E-state index contributed by atoms with van der Waals surface area (Å²) in [4.78, 5) is 8.51. The van der Waals surface area contributed by atoms with Crippen molar-refractivity contribution in [2.45, 2.75) is 13.0 Å². The summed E-state index contributed by atoms with van der Waals surface area (Å²) in [6.07, 6.45) is 8.18. The Morgan fingerprint density at radius 3 is 2.93 bits per heavy atom. The SMILES string of the molecule is C=CCc1cccc(Cn2ccnc2)n1. The van der Waals surface area contributed by atoms with Crippen molar-refractivity contribution >= 4 is 0 Å². The van der Waals surface area contributed by atoms with Crippen LogP contribution in [0.2, 0.25) is 0 Å². The third-order valence-corrected chi connectivity index (χ3v) is 2.12. The van der Waals surface area contributed by atoms with Gasteiger partial charge < -0.3 is 4.57 Å². The van der Waals surface area contributed by atoms with E-state index in [0.29, 0.717) is 0 Å². The van der Waals surface area contributed by atoms with Crippen LogP contribution in [-0.2, 0) is 13.0 Å². The zero-order chi connectivity index (χ0) is 10.5. The summed E-state index contributed by atoms with van der Waals surface area (Å²) in [5.74, 6) is 0. The second kappa shape index (κ2) is 4.55. The fourth-order valence-corrected chi connectivity index (χ4v) is 1.45. The monoisotopic (exact) mass is 199 g/mol. The quantitative estimate of drug-likeness (QED) is 0.705. The first kappa shape index (κ1) is 9.65. The molecule has 3 nitrogen and oxygen atoms in total. The standard InChI is InChI=1S/C12H13N3/c1-2-4-11-5-3-6-12(14-11)9-15-8-7-13-10-15/h2-3,5-8,10H,1,4,9H2. The third kappa shape index (κ3) is 2.53. The Labute approximate surface area is 89.1 Å². The highest BCUT2D eigenvalue weighted by molar-refractivity contribution is 5.13. The van der Waals surface area contributed by atoms with E-state index in [0.717, 1.165) is 24.4 Å². The van der Waals surface area contributed by atoms with Crippen LogP contribution in [0.1, 0.15) is 11.4 Å². The van der Waals surface area contributed by atoms with Gasteiger partial charge in [-0.25, -0.2) is 4.98 Å². The molecule has 0 spiro atoms. The number of allylic oxidation sites excluding steroid dienone is 1. The summed E-state index contributed by atoms with van der Waals surface area (Å²) in [6, 6.07) is 6.06. The van der Waals surface area contributed by atoms with Gasteiger partial charge in [-0.1, -0.05) is 12.1 Å². The maximum absolute atomic E-state index is 4.52. The van der Waals surface area contributed by atoms with Gasteiger partial charge in [-0.3, -0.25) is 4.98 Å². The van der Waals surface area contributed by atoms with Gasteiger partial charge in [0.2, 0.25) is 0 Å². The summed E-state index contributed by atoms with van der Waals surface area (Å²) >= 11 is 0. The smallest absolute Gasteiger partial charge is 0.0949 e. The van der Waals surface area contributed by atoms with Crippen LogP contribution in [0.3, 0.4) is 0 Å². The van der Waals surface area contributed by atoms with Crippen LogP contribution < -0.4 is 0 Å². The van der Waals surface area contributed by atoms with Gasteiger partial charge in [-0.15, -0.1) is 6.58 Å². The first-order valence-corrected chi connectivity index (χ1v) is 4.90. The van der Waals surface area contributed by atoms with Crippen molar-refractivity contribution < 1.29 is 0 Å². The maximum Gasteiger partial charge on any atom is 0.0949 e. The summed E-state index contributed by atoms with van der Waals surface area (Å²) in [7, 11) is 0. The number of rotatable bonds is 4.